The SMILES string of the molecule is CCCc1nn(C)c(Nc2cccc(Br)c2C)c1N. The highest BCUT2D eigenvalue weighted by Gasteiger charge is 2.13. The number of nitrogens with one attached hydrogen (secondary N) is 1. The summed E-state index contributed by atoms with van der Waals surface area (Å²) in [7, 11) is 1.91. The lowest BCUT2D eigenvalue weighted by atomic mass is 10.2. The monoisotopic (exact) mass is 322 g/mol. The molecular formula is C14H19BrN4. The van der Waals surface area contributed by atoms with Crippen molar-refractivity contribution in [3.8, 4) is 0 Å². The van der Waals surface area contributed by atoms with Crippen LogP contribution in [0.15, 0.2) is 22.7 Å². The zero-order chi connectivity index (χ0) is 14.0. The number of nitrogens with two attached hydrogens (primary N) is 1. The van der Waals surface area contributed by atoms with E-state index >= 15 is 0 Å². The third kappa shape index (κ3) is 2.76. The lowest BCUT2D eigenvalue weighted by Crippen LogP contribution is -2.02. The Kier molecular flexibility index (Phi) is 4.14. The molecule has 0 fully saturated rings. The van der Waals surface area contributed by atoms with Crippen molar-refractivity contribution in [1.29, 1.82) is 0 Å². The Hall–Kier alpha value is -1.49. The Bertz CT molecular complexity index is 589. The number of hydrogen-bond acceptors (Lipinski definition) is 3. The van der Waals surface area contributed by atoms with Crippen LogP contribution in [0.2, 0.25) is 0 Å². The van der Waals surface area contributed by atoms with Crippen molar-refractivity contribution in [1.82, 2.24) is 9.78 Å². The summed E-state index contributed by atoms with van der Waals surface area (Å²) in [5, 5.41) is 7.84. The summed E-state index contributed by atoms with van der Waals surface area (Å²) >= 11 is 3.53. The smallest absolute Gasteiger partial charge is 0.152 e. The molecule has 1 aromatic carbocycles. The summed E-state index contributed by atoms with van der Waals surface area (Å²) in [4.78, 5) is 0. The first-order chi connectivity index (χ1) is 9.04. The minimum absolute atomic E-state index is 0.740. The van der Waals surface area contributed by atoms with Crippen LogP contribution in [0, 0.1) is 6.92 Å². The number of aryl methyl sites for hydroxylation is 2. The van der Waals surface area contributed by atoms with Crippen LogP contribution in [0.1, 0.15) is 24.6 Å². The Morgan fingerprint density at radius 2 is 2.16 bits per heavy atom. The molecule has 0 atom stereocenters. The summed E-state index contributed by atoms with van der Waals surface area (Å²) in [6, 6.07) is 6.06. The molecule has 19 heavy (non-hydrogen) atoms. The molecule has 0 aliphatic heterocycles. The summed E-state index contributed by atoms with van der Waals surface area (Å²) < 4.78 is 2.88. The van der Waals surface area contributed by atoms with Crippen LogP contribution in [0.3, 0.4) is 0 Å². The summed E-state index contributed by atoms with van der Waals surface area (Å²) in [6.45, 7) is 4.19. The Balaban J connectivity index is 2.36. The standard InChI is InChI=1S/C14H19BrN4/c1-4-6-12-13(16)14(19(3)18-12)17-11-8-5-7-10(15)9(11)2/h5,7-8,17H,4,6,16H2,1-3H3. The van der Waals surface area contributed by atoms with Gasteiger partial charge in [-0.25, -0.2) is 0 Å². The molecule has 2 aromatic rings. The first kappa shape index (κ1) is 13.9. The first-order valence-corrected chi connectivity index (χ1v) is 7.17. The molecule has 0 spiro atoms. The fraction of sp³-hybridized carbons (Fsp3) is 0.357. The minimum Gasteiger partial charge on any atom is -0.394 e. The van der Waals surface area contributed by atoms with E-state index in [0.717, 1.165) is 45.8 Å². The highest BCUT2D eigenvalue weighted by Crippen LogP contribution is 2.30. The van der Waals surface area contributed by atoms with E-state index in [4.69, 9.17) is 5.73 Å². The van der Waals surface area contributed by atoms with Crippen molar-refractivity contribution in [3.05, 3.63) is 33.9 Å². The lowest BCUT2D eigenvalue weighted by Gasteiger charge is -2.11. The lowest BCUT2D eigenvalue weighted by molar-refractivity contribution is 0.740. The van der Waals surface area contributed by atoms with E-state index in [1.807, 2.05) is 25.2 Å². The van der Waals surface area contributed by atoms with Crippen molar-refractivity contribution < 1.29 is 0 Å². The number of halogens is 1. The van der Waals surface area contributed by atoms with Gasteiger partial charge in [0, 0.05) is 17.2 Å². The van der Waals surface area contributed by atoms with Gasteiger partial charge in [-0.2, -0.15) is 5.10 Å². The van der Waals surface area contributed by atoms with E-state index in [2.05, 4.69) is 40.2 Å². The second-order valence-electron chi connectivity index (χ2n) is 4.62. The highest BCUT2D eigenvalue weighted by atomic mass is 79.9. The zero-order valence-electron chi connectivity index (χ0n) is 11.5. The van der Waals surface area contributed by atoms with Crippen molar-refractivity contribution >= 4 is 33.1 Å². The molecule has 4 nitrogen and oxygen atoms in total. The molecule has 1 aromatic heterocycles. The van der Waals surface area contributed by atoms with Gasteiger partial charge in [-0.3, -0.25) is 4.68 Å². The second kappa shape index (κ2) is 5.65. The maximum Gasteiger partial charge on any atom is 0.152 e. The predicted octanol–water partition coefficient (Wildman–Crippen LogP) is 3.77. The molecule has 0 saturated carbocycles. The molecule has 0 aliphatic carbocycles. The molecule has 0 radical (unpaired) electrons. The van der Waals surface area contributed by atoms with Gasteiger partial charge < -0.3 is 11.1 Å². The molecule has 0 unspecified atom stereocenters. The fourth-order valence-corrected chi connectivity index (χ4v) is 2.40. The van der Waals surface area contributed by atoms with E-state index in [-0.39, 0.29) is 0 Å². The molecule has 3 N–H and O–H groups in total. The van der Waals surface area contributed by atoms with Crippen LogP contribution in [-0.4, -0.2) is 9.78 Å². The number of aromatic nitrogens is 2. The van der Waals surface area contributed by atoms with E-state index in [1.165, 1.54) is 0 Å². The predicted molar refractivity (Wildman–Crippen MR) is 83.8 cm³/mol. The third-order valence-corrected chi connectivity index (χ3v) is 4.03. The van der Waals surface area contributed by atoms with Gasteiger partial charge in [0.2, 0.25) is 0 Å². The average Bonchev–Trinajstić information content (AvgIpc) is 2.63. The van der Waals surface area contributed by atoms with Gasteiger partial charge in [0.1, 0.15) is 0 Å². The number of nitrogens with zero attached hydrogens (tertiary/aromatic N) is 2. The number of hydrogen-bond donors (Lipinski definition) is 2. The number of nitrogen functional groups attached to an aromatic ring is 1. The third-order valence-electron chi connectivity index (χ3n) is 3.17. The zero-order valence-corrected chi connectivity index (χ0v) is 13.1. The molecule has 0 bridgehead atoms. The van der Waals surface area contributed by atoms with Gasteiger partial charge in [0.15, 0.2) is 5.82 Å². The van der Waals surface area contributed by atoms with Crippen molar-refractivity contribution in [2.24, 2.45) is 7.05 Å². The molecule has 0 saturated heterocycles. The fourth-order valence-electron chi connectivity index (χ4n) is 2.04. The van der Waals surface area contributed by atoms with Crippen LogP contribution >= 0.6 is 15.9 Å². The topological polar surface area (TPSA) is 55.9 Å². The van der Waals surface area contributed by atoms with Gasteiger partial charge in [0.25, 0.3) is 0 Å². The summed E-state index contributed by atoms with van der Waals surface area (Å²) in [5.74, 6) is 0.852. The van der Waals surface area contributed by atoms with Crippen LogP contribution in [0.4, 0.5) is 17.2 Å². The number of anilines is 3. The average molecular weight is 323 g/mol. The molecule has 0 amide bonds. The number of benzene rings is 1. The van der Waals surface area contributed by atoms with Gasteiger partial charge in [0.05, 0.1) is 11.4 Å². The van der Waals surface area contributed by atoms with Crippen molar-refractivity contribution in [2.45, 2.75) is 26.7 Å². The Labute approximate surface area is 122 Å². The van der Waals surface area contributed by atoms with Crippen LogP contribution in [0.5, 0.6) is 0 Å². The van der Waals surface area contributed by atoms with Gasteiger partial charge >= 0.3 is 0 Å². The van der Waals surface area contributed by atoms with Crippen LogP contribution < -0.4 is 11.1 Å². The maximum absolute atomic E-state index is 6.17. The van der Waals surface area contributed by atoms with Gasteiger partial charge in [-0.15, -0.1) is 0 Å². The van der Waals surface area contributed by atoms with Gasteiger partial charge in [-0.05, 0) is 31.0 Å². The van der Waals surface area contributed by atoms with E-state index in [1.54, 1.807) is 4.68 Å². The van der Waals surface area contributed by atoms with E-state index in [9.17, 15) is 0 Å². The second-order valence-corrected chi connectivity index (χ2v) is 5.47. The van der Waals surface area contributed by atoms with Crippen LogP contribution in [-0.2, 0) is 13.5 Å². The van der Waals surface area contributed by atoms with Crippen molar-refractivity contribution in [2.75, 3.05) is 11.1 Å². The highest BCUT2D eigenvalue weighted by molar-refractivity contribution is 9.10. The maximum atomic E-state index is 6.17. The van der Waals surface area contributed by atoms with Crippen LogP contribution in [0.25, 0.3) is 0 Å². The Morgan fingerprint density at radius 1 is 1.42 bits per heavy atom. The molecule has 2 rings (SSSR count). The van der Waals surface area contributed by atoms with Crippen molar-refractivity contribution in [3.63, 3.8) is 0 Å². The molecule has 0 aliphatic rings. The molecule has 1 heterocycles. The van der Waals surface area contributed by atoms with E-state index < -0.39 is 0 Å². The van der Waals surface area contributed by atoms with Gasteiger partial charge in [-0.1, -0.05) is 35.3 Å². The molecule has 102 valence electrons. The summed E-state index contributed by atoms with van der Waals surface area (Å²) in [6.07, 6.45) is 1.94. The minimum atomic E-state index is 0.740. The molecular weight excluding hydrogens is 304 g/mol. The molecule has 5 heteroatoms. The summed E-state index contributed by atoms with van der Waals surface area (Å²) in [5.41, 5.74) is 10.1. The van der Waals surface area contributed by atoms with E-state index in [0.29, 0.717) is 0 Å². The largest absolute Gasteiger partial charge is 0.394 e. The number of rotatable bonds is 4. The normalized spacial score (nSPS) is 10.7. The quantitative estimate of drug-likeness (QED) is 0.900. The Morgan fingerprint density at radius 3 is 2.84 bits per heavy atom. The first-order valence-electron chi connectivity index (χ1n) is 6.38.